The van der Waals surface area contributed by atoms with Gasteiger partial charge in [0.15, 0.2) is 21.5 Å². The lowest BCUT2D eigenvalue weighted by Crippen LogP contribution is -2.41. The van der Waals surface area contributed by atoms with Crippen molar-refractivity contribution >= 4 is 39.8 Å². The van der Waals surface area contributed by atoms with Crippen LogP contribution in [-0.2, 0) is 27.6 Å². The minimum absolute atomic E-state index is 0. The van der Waals surface area contributed by atoms with Crippen molar-refractivity contribution < 1.29 is 22.3 Å². The molecule has 1 N–H and O–H groups in total. The van der Waals surface area contributed by atoms with E-state index in [4.69, 9.17) is 14.7 Å². The van der Waals surface area contributed by atoms with Gasteiger partial charge in [-0.15, -0.1) is 12.4 Å². The molecule has 1 amide bonds. The van der Waals surface area contributed by atoms with Crippen molar-refractivity contribution in [3.8, 4) is 5.75 Å². The highest BCUT2D eigenvalue weighted by Crippen LogP contribution is 2.33. The van der Waals surface area contributed by atoms with E-state index in [0.29, 0.717) is 57.1 Å². The summed E-state index contributed by atoms with van der Waals surface area (Å²) >= 11 is 0. The predicted molar refractivity (Wildman–Crippen MR) is 138 cm³/mol. The zero-order valence-corrected chi connectivity index (χ0v) is 22.6. The fraction of sp³-hybridized carbons (Fsp3) is 0.542. The van der Waals surface area contributed by atoms with Crippen molar-refractivity contribution in [2.45, 2.75) is 62.8 Å². The molecule has 2 aliphatic rings. The number of anilines is 2. The molecule has 0 saturated carbocycles. The molecule has 36 heavy (non-hydrogen) atoms. The summed E-state index contributed by atoms with van der Waals surface area (Å²) in [5, 5.41) is 2.67. The SMILES string of the molecule is COc1ccc(S(=O)(=O)C2CCN(c3nc4c(nc3NC(C)C)CCN(C(C)=O)C4)CC2)c(F)c1.Cl. The molecule has 0 atom stereocenters. The lowest BCUT2D eigenvalue weighted by Gasteiger charge is -2.35. The summed E-state index contributed by atoms with van der Waals surface area (Å²) in [4.78, 5) is 25.1. The van der Waals surface area contributed by atoms with E-state index in [9.17, 15) is 17.6 Å². The predicted octanol–water partition coefficient (Wildman–Crippen LogP) is 3.21. The average Bonchev–Trinajstić information content (AvgIpc) is 2.82. The van der Waals surface area contributed by atoms with E-state index in [0.717, 1.165) is 17.5 Å². The van der Waals surface area contributed by atoms with Gasteiger partial charge >= 0.3 is 0 Å². The van der Waals surface area contributed by atoms with Gasteiger partial charge in [-0.05, 0) is 38.8 Å². The molecule has 9 nitrogen and oxygen atoms in total. The van der Waals surface area contributed by atoms with Crippen LogP contribution in [0.25, 0.3) is 0 Å². The number of carbonyl (C=O) groups is 1. The normalized spacial score (nSPS) is 16.4. The van der Waals surface area contributed by atoms with Crippen molar-refractivity contribution in [1.82, 2.24) is 14.9 Å². The number of sulfone groups is 1. The van der Waals surface area contributed by atoms with E-state index in [2.05, 4.69) is 5.32 Å². The average molecular weight is 542 g/mol. The van der Waals surface area contributed by atoms with Gasteiger partial charge in [0.1, 0.15) is 16.5 Å². The number of hydrogen-bond donors (Lipinski definition) is 1. The van der Waals surface area contributed by atoms with Crippen molar-refractivity contribution in [2.75, 3.05) is 37.0 Å². The summed E-state index contributed by atoms with van der Waals surface area (Å²) in [6.07, 6.45) is 1.32. The van der Waals surface area contributed by atoms with Gasteiger partial charge in [0.25, 0.3) is 0 Å². The second-order valence-corrected chi connectivity index (χ2v) is 11.5. The summed E-state index contributed by atoms with van der Waals surface area (Å²) < 4.78 is 45.9. The van der Waals surface area contributed by atoms with Crippen molar-refractivity contribution in [3.05, 3.63) is 35.4 Å². The van der Waals surface area contributed by atoms with Crippen molar-refractivity contribution in [2.24, 2.45) is 0 Å². The zero-order valence-electron chi connectivity index (χ0n) is 21.0. The molecule has 3 heterocycles. The van der Waals surface area contributed by atoms with Crippen LogP contribution in [0.5, 0.6) is 5.75 Å². The minimum Gasteiger partial charge on any atom is -0.497 e. The van der Waals surface area contributed by atoms with Gasteiger partial charge in [-0.25, -0.2) is 22.8 Å². The third-order valence-electron chi connectivity index (χ3n) is 6.49. The van der Waals surface area contributed by atoms with E-state index in [-0.39, 0.29) is 35.0 Å². The molecule has 0 unspecified atom stereocenters. The van der Waals surface area contributed by atoms with Crippen molar-refractivity contribution in [1.29, 1.82) is 0 Å². The molecule has 1 aromatic carbocycles. The van der Waals surface area contributed by atoms with Crippen LogP contribution in [0.1, 0.15) is 45.0 Å². The molecule has 2 aromatic rings. The maximum Gasteiger partial charge on any atom is 0.219 e. The first-order valence-corrected chi connectivity index (χ1v) is 13.4. The molecule has 1 fully saturated rings. The molecule has 0 aliphatic carbocycles. The summed E-state index contributed by atoms with van der Waals surface area (Å²) in [7, 11) is -2.43. The molecule has 1 saturated heterocycles. The number of piperidine rings is 1. The summed E-state index contributed by atoms with van der Waals surface area (Å²) in [6.45, 7) is 7.49. The van der Waals surface area contributed by atoms with E-state index >= 15 is 0 Å². The first kappa shape index (κ1) is 27.9. The summed E-state index contributed by atoms with van der Waals surface area (Å²) in [6, 6.07) is 3.96. The highest BCUT2D eigenvalue weighted by atomic mass is 35.5. The zero-order chi connectivity index (χ0) is 25.3. The maximum atomic E-state index is 14.5. The van der Waals surface area contributed by atoms with Crippen LogP contribution < -0.4 is 15.0 Å². The van der Waals surface area contributed by atoms with Crippen LogP contribution in [0.2, 0.25) is 0 Å². The highest BCUT2D eigenvalue weighted by Gasteiger charge is 2.35. The first-order chi connectivity index (χ1) is 16.6. The lowest BCUT2D eigenvalue weighted by atomic mass is 10.1. The molecular weight excluding hydrogens is 509 g/mol. The Morgan fingerprint density at radius 1 is 1.17 bits per heavy atom. The summed E-state index contributed by atoms with van der Waals surface area (Å²) in [5.74, 6) is 0.800. The Bertz CT molecular complexity index is 1220. The van der Waals surface area contributed by atoms with Crippen LogP contribution in [0, 0.1) is 5.82 Å². The van der Waals surface area contributed by atoms with Gasteiger partial charge in [-0.1, -0.05) is 0 Å². The maximum absolute atomic E-state index is 14.5. The lowest BCUT2D eigenvalue weighted by molar-refractivity contribution is -0.129. The fourth-order valence-corrected chi connectivity index (χ4v) is 6.36. The molecule has 198 valence electrons. The molecule has 4 rings (SSSR count). The Morgan fingerprint density at radius 2 is 1.86 bits per heavy atom. The number of amides is 1. The quantitative estimate of drug-likeness (QED) is 0.594. The van der Waals surface area contributed by atoms with Gasteiger partial charge in [-0.2, -0.15) is 0 Å². The van der Waals surface area contributed by atoms with Crippen LogP contribution in [0.4, 0.5) is 16.0 Å². The van der Waals surface area contributed by atoms with E-state index in [1.165, 1.54) is 19.2 Å². The number of ether oxygens (including phenoxy) is 1. The van der Waals surface area contributed by atoms with E-state index < -0.39 is 20.9 Å². The first-order valence-electron chi connectivity index (χ1n) is 11.8. The second-order valence-electron chi connectivity index (χ2n) is 9.31. The molecule has 0 bridgehead atoms. The molecule has 0 spiro atoms. The Kier molecular flexibility index (Phi) is 8.66. The standard InChI is InChI=1S/C24H32FN5O4S.ClH/c1-15(2)26-23-24(28-21-14-30(16(3)31)12-9-20(21)27-23)29-10-7-18(8-11-29)35(32,33)22-6-5-17(34-4)13-19(22)25;/h5-6,13,15,18H,7-12,14H2,1-4H3,(H,26,27);1H. The number of benzene rings is 1. The monoisotopic (exact) mass is 541 g/mol. The topological polar surface area (TPSA) is 105 Å². The number of carbonyl (C=O) groups excluding carboxylic acids is 1. The van der Waals surface area contributed by atoms with Crippen LogP contribution in [0.15, 0.2) is 23.1 Å². The number of methoxy groups -OCH3 is 1. The third kappa shape index (κ3) is 5.67. The molecule has 2 aliphatic heterocycles. The van der Waals surface area contributed by atoms with Crippen LogP contribution in [0.3, 0.4) is 0 Å². The van der Waals surface area contributed by atoms with E-state index in [1.54, 1.807) is 11.8 Å². The molecular formula is C24H33ClFN5O4S. The molecule has 12 heteroatoms. The number of aromatic nitrogens is 2. The Morgan fingerprint density at radius 3 is 2.44 bits per heavy atom. The number of hydrogen-bond acceptors (Lipinski definition) is 8. The van der Waals surface area contributed by atoms with E-state index in [1.807, 2.05) is 18.7 Å². The Balaban J connectivity index is 0.00000361. The Labute approximate surface area is 217 Å². The second kappa shape index (κ2) is 11.2. The Hall–Kier alpha value is -2.66. The number of nitrogens with one attached hydrogen (secondary N) is 1. The number of halogens is 2. The van der Waals surface area contributed by atoms with Gasteiger partial charge in [0.05, 0.1) is 30.3 Å². The van der Waals surface area contributed by atoms with Crippen molar-refractivity contribution in [3.63, 3.8) is 0 Å². The minimum atomic E-state index is -3.84. The highest BCUT2D eigenvalue weighted by molar-refractivity contribution is 7.92. The fourth-order valence-electron chi connectivity index (χ4n) is 4.58. The molecule has 0 radical (unpaired) electrons. The van der Waals surface area contributed by atoms with Gasteiger partial charge in [0.2, 0.25) is 5.91 Å². The van der Waals surface area contributed by atoms with Gasteiger partial charge in [-0.3, -0.25) is 4.79 Å². The number of rotatable bonds is 6. The summed E-state index contributed by atoms with van der Waals surface area (Å²) in [5.41, 5.74) is 1.65. The largest absolute Gasteiger partial charge is 0.497 e. The number of nitrogens with zero attached hydrogens (tertiary/aromatic N) is 4. The number of fused-ring (bicyclic) bond motifs is 1. The van der Waals surface area contributed by atoms with Gasteiger partial charge in [0, 0.05) is 45.1 Å². The van der Waals surface area contributed by atoms with Crippen LogP contribution in [-0.4, -0.2) is 67.2 Å². The van der Waals surface area contributed by atoms with Crippen LogP contribution >= 0.6 is 12.4 Å². The third-order valence-corrected chi connectivity index (χ3v) is 8.78. The smallest absolute Gasteiger partial charge is 0.219 e. The van der Waals surface area contributed by atoms with Gasteiger partial charge < -0.3 is 19.9 Å². The molecule has 1 aromatic heterocycles.